The van der Waals surface area contributed by atoms with E-state index in [9.17, 15) is 0 Å². The van der Waals surface area contributed by atoms with Crippen molar-refractivity contribution in [3.8, 4) is 11.5 Å². The van der Waals surface area contributed by atoms with Crippen molar-refractivity contribution < 1.29 is 9.47 Å². The van der Waals surface area contributed by atoms with Gasteiger partial charge in [0.15, 0.2) is 17.5 Å². The van der Waals surface area contributed by atoms with Crippen molar-refractivity contribution in [3.63, 3.8) is 0 Å². The van der Waals surface area contributed by atoms with E-state index in [-0.39, 0.29) is 24.0 Å². The van der Waals surface area contributed by atoms with Gasteiger partial charge in [0.2, 0.25) is 0 Å². The zero-order chi connectivity index (χ0) is 20.5. The summed E-state index contributed by atoms with van der Waals surface area (Å²) < 4.78 is 10.7. The molecule has 6 nitrogen and oxygen atoms in total. The fourth-order valence-corrected chi connectivity index (χ4v) is 4.13. The number of anilines is 1. The highest BCUT2D eigenvalue weighted by molar-refractivity contribution is 14.0. The lowest BCUT2D eigenvalue weighted by molar-refractivity contribution is 0.354. The van der Waals surface area contributed by atoms with Crippen molar-refractivity contribution in [1.82, 2.24) is 10.6 Å². The molecule has 2 N–H and O–H groups in total. The van der Waals surface area contributed by atoms with Crippen LogP contribution in [-0.4, -0.2) is 51.8 Å². The number of nitrogens with zero attached hydrogens (tertiary/aromatic N) is 2. The fourth-order valence-electron chi connectivity index (χ4n) is 3.23. The molecular formula is C22H31IN4O2S. The first kappa shape index (κ1) is 24.5. The minimum absolute atomic E-state index is 0. The van der Waals surface area contributed by atoms with Gasteiger partial charge in [-0.3, -0.25) is 4.99 Å². The number of thioether (sulfide) groups is 1. The number of hydrogen-bond acceptors (Lipinski definition) is 5. The maximum absolute atomic E-state index is 5.37. The first-order chi connectivity index (χ1) is 14.2. The third-order valence-corrected chi connectivity index (χ3v) is 5.85. The molecule has 3 rings (SSSR count). The second-order valence-corrected chi connectivity index (χ2v) is 7.96. The number of aliphatic imine (C=N–C) groups is 1. The topological polar surface area (TPSA) is 58.1 Å². The molecule has 1 saturated heterocycles. The highest BCUT2D eigenvalue weighted by Crippen LogP contribution is 2.27. The molecular weight excluding hydrogens is 511 g/mol. The fraction of sp³-hybridized carbons (Fsp3) is 0.409. The van der Waals surface area contributed by atoms with E-state index < -0.39 is 0 Å². The van der Waals surface area contributed by atoms with Crippen LogP contribution >= 0.6 is 35.7 Å². The molecule has 30 heavy (non-hydrogen) atoms. The van der Waals surface area contributed by atoms with Gasteiger partial charge in [-0.05, 0) is 35.4 Å². The van der Waals surface area contributed by atoms with Crippen molar-refractivity contribution in [2.45, 2.75) is 13.1 Å². The van der Waals surface area contributed by atoms with Crippen LogP contribution in [0.1, 0.15) is 11.1 Å². The van der Waals surface area contributed by atoms with Crippen LogP contribution in [0.2, 0.25) is 0 Å². The summed E-state index contributed by atoms with van der Waals surface area (Å²) in [6.45, 7) is 3.64. The predicted octanol–water partition coefficient (Wildman–Crippen LogP) is 3.74. The van der Waals surface area contributed by atoms with Gasteiger partial charge in [-0.1, -0.05) is 18.2 Å². The van der Waals surface area contributed by atoms with Gasteiger partial charge in [-0.2, -0.15) is 11.8 Å². The molecule has 164 valence electrons. The normalized spacial score (nSPS) is 14.0. The number of benzene rings is 2. The van der Waals surface area contributed by atoms with Crippen molar-refractivity contribution in [1.29, 1.82) is 0 Å². The van der Waals surface area contributed by atoms with Crippen molar-refractivity contribution in [2.24, 2.45) is 4.99 Å². The highest BCUT2D eigenvalue weighted by Gasteiger charge is 2.11. The summed E-state index contributed by atoms with van der Waals surface area (Å²) in [5.41, 5.74) is 3.63. The van der Waals surface area contributed by atoms with E-state index in [4.69, 9.17) is 9.47 Å². The maximum Gasteiger partial charge on any atom is 0.191 e. The minimum Gasteiger partial charge on any atom is -0.493 e. The van der Waals surface area contributed by atoms with Crippen molar-refractivity contribution in [2.75, 3.05) is 50.8 Å². The highest BCUT2D eigenvalue weighted by atomic mass is 127. The van der Waals surface area contributed by atoms with Crippen molar-refractivity contribution in [3.05, 3.63) is 53.6 Å². The van der Waals surface area contributed by atoms with Crippen LogP contribution in [-0.2, 0) is 13.1 Å². The van der Waals surface area contributed by atoms with E-state index in [1.807, 2.05) is 30.0 Å². The summed E-state index contributed by atoms with van der Waals surface area (Å²) in [6.07, 6.45) is 0. The summed E-state index contributed by atoms with van der Waals surface area (Å²) in [4.78, 5) is 6.77. The molecule has 0 bridgehead atoms. The average Bonchev–Trinajstić information content (AvgIpc) is 2.80. The molecule has 1 aliphatic heterocycles. The lowest BCUT2D eigenvalue weighted by atomic mass is 10.2. The van der Waals surface area contributed by atoms with Crippen LogP contribution < -0.4 is 25.0 Å². The molecule has 0 aromatic heterocycles. The third kappa shape index (κ3) is 6.87. The zero-order valence-electron chi connectivity index (χ0n) is 17.8. The molecule has 0 saturated carbocycles. The van der Waals surface area contributed by atoms with Gasteiger partial charge in [0.1, 0.15) is 0 Å². The van der Waals surface area contributed by atoms with E-state index >= 15 is 0 Å². The monoisotopic (exact) mass is 542 g/mol. The summed E-state index contributed by atoms with van der Waals surface area (Å²) in [5.74, 6) is 4.64. The second kappa shape index (κ2) is 12.8. The molecule has 1 heterocycles. The number of nitrogens with one attached hydrogen (secondary N) is 2. The maximum atomic E-state index is 5.37. The first-order valence-corrected chi connectivity index (χ1v) is 11.0. The molecule has 1 aliphatic rings. The van der Waals surface area contributed by atoms with Crippen LogP contribution in [0.25, 0.3) is 0 Å². The van der Waals surface area contributed by atoms with Crippen LogP contribution in [0.5, 0.6) is 11.5 Å². The molecule has 0 unspecified atom stereocenters. The molecule has 2 aromatic carbocycles. The zero-order valence-corrected chi connectivity index (χ0v) is 21.0. The summed E-state index contributed by atoms with van der Waals surface area (Å²) in [6, 6.07) is 14.7. The van der Waals surface area contributed by atoms with E-state index in [2.05, 4.69) is 44.8 Å². The van der Waals surface area contributed by atoms with Gasteiger partial charge in [-0.25, -0.2) is 0 Å². The van der Waals surface area contributed by atoms with Crippen LogP contribution in [0, 0.1) is 0 Å². The van der Waals surface area contributed by atoms with Gasteiger partial charge in [0.05, 0.1) is 14.2 Å². The number of halogens is 1. The minimum atomic E-state index is 0. The Morgan fingerprint density at radius 1 is 0.933 bits per heavy atom. The quantitative estimate of drug-likeness (QED) is 0.316. The molecule has 0 spiro atoms. The Morgan fingerprint density at radius 3 is 2.13 bits per heavy atom. The average molecular weight is 542 g/mol. The number of hydrogen-bond donors (Lipinski definition) is 2. The Labute approximate surface area is 200 Å². The Bertz CT molecular complexity index is 811. The lowest BCUT2D eigenvalue weighted by Gasteiger charge is -2.28. The molecule has 2 aromatic rings. The summed E-state index contributed by atoms with van der Waals surface area (Å²) >= 11 is 2.03. The van der Waals surface area contributed by atoms with Gasteiger partial charge in [0.25, 0.3) is 0 Å². The largest absolute Gasteiger partial charge is 0.493 e. The molecule has 1 fully saturated rings. The second-order valence-electron chi connectivity index (χ2n) is 6.73. The Morgan fingerprint density at radius 2 is 1.53 bits per heavy atom. The smallest absolute Gasteiger partial charge is 0.191 e. The molecule has 0 aliphatic carbocycles. The van der Waals surface area contributed by atoms with E-state index in [0.717, 1.165) is 42.7 Å². The molecule has 0 radical (unpaired) electrons. The Hall–Kier alpha value is -1.81. The number of ether oxygens (including phenoxy) is 2. The van der Waals surface area contributed by atoms with Gasteiger partial charge in [-0.15, -0.1) is 24.0 Å². The van der Waals surface area contributed by atoms with Gasteiger partial charge in [0, 0.05) is 50.4 Å². The standard InChI is InChI=1S/C22H30N4O2S.HI/c1-23-22(25-16-18-6-9-20(27-2)21(14-18)28-3)24-15-17-4-7-19(8-5-17)26-10-12-29-13-11-26;/h4-9,14H,10-13,15-16H2,1-3H3,(H2,23,24,25);1H. The number of methoxy groups -OCH3 is 2. The molecule has 0 atom stereocenters. The van der Waals surface area contributed by atoms with Crippen LogP contribution in [0.15, 0.2) is 47.5 Å². The Balaban J connectivity index is 0.00000320. The van der Waals surface area contributed by atoms with E-state index in [0.29, 0.717) is 6.54 Å². The summed E-state index contributed by atoms with van der Waals surface area (Å²) in [5, 5.41) is 6.71. The summed E-state index contributed by atoms with van der Waals surface area (Å²) in [7, 11) is 5.06. The predicted molar refractivity (Wildman–Crippen MR) is 138 cm³/mol. The Kier molecular flexibility index (Phi) is 10.4. The van der Waals surface area contributed by atoms with Crippen LogP contribution in [0.3, 0.4) is 0 Å². The third-order valence-electron chi connectivity index (χ3n) is 4.90. The number of rotatable bonds is 7. The lowest BCUT2D eigenvalue weighted by Crippen LogP contribution is -2.36. The van der Waals surface area contributed by atoms with Crippen molar-refractivity contribution >= 4 is 47.4 Å². The van der Waals surface area contributed by atoms with Crippen LogP contribution in [0.4, 0.5) is 5.69 Å². The van der Waals surface area contributed by atoms with E-state index in [1.54, 1.807) is 21.3 Å². The molecule has 0 amide bonds. The number of guanidine groups is 1. The van der Waals surface area contributed by atoms with Gasteiger partial charge < -0.3 is 25.0 Å². The molecule has 8 heteroatoms. The van der Waals surface area contributed by atoms with Gasteiger partial charge >= 0.3 is 0 Å². The first-order valence-electron chi connectivity index (χ1n) is 9.80. The SMILES string of the molecule is CN=C(NCc1ccc(N2CCSCC2)cc1)NCc1ccc(OC)c(OC)c1.I. The van der Waals surface area contributed by atoms with E-state index in [1.165, 1.54) is 22.8 Å².